The first-order chi connectivity index (χ1) is 24.3. The Labute approximate surface area is 301 Å². The molecule has 4 aliphatic carbocycles. The minimum Gasteiger partial charge on any atom is -0.324 e. The van der Waals surface area contributed by atoms with Crippen LogP contribution in [0.5, 0.6) is 0 Å². The van der Waals surface area contributed by atoms with Gasteiger partial charge in [-0.2, -0.15) is 0 Å². The van der Waals surface area contributed by atoms with Crippen LogP contribution >= 0.6 is 0 Å². The lowest BCUT2D eigenvalue weighted by atomic mass is 9.82. The Morgan fingerprint density at radius 2 is 0.940 bits per heavy atom. The van der Waals surface area contributed by atoms with E-state index in [9.17, 15) is 0 Å². The van der Waals surface area contributed by atoms with Gasteiger partial charge in [0.15, 0.2) is 0 Å². The number of hydrogen-bond acceptors (Lipinski definition) is 4. The summed E-state index contributed by atoms with van der Waals surface area (Å²) in [6.45, 7) is 21.5. The first kappa shape index (κ1) is 36.9. The average Bonchev–Trinajstić information content (AvgIpc) is 3.11. The van der Waals surface area contributed by atoms with Gasteiger partial charge < -0.3 is 21.7 Å². The maximum Gasteiger partial charge on any atom is 0.0363 e. The van der Waals surface area contributed by atoms with Crippen LogP contribution in [-0.2, 0) is 25.7 Å². The molecular formula is C46H56N4. The van der Waals surface area contributed by atoms with Crippen LogP contribution in [0.15, 0.2) is 99.1 Å². The van der Waals surface area contributed by atoms with E-state index >= 15 is 0 Å². The van der Waals surface area contributed by atoms with Gasteiger partial charge in [0.05, 0.1) is 0 Å². The van der Waals surface area contributed by atoms with E-state index in [4.69, 9.17) is 5.73 Å². The molecule has 0 bridgehead atoms. The maximum atomic E-state index is 5.76. The van der Waals surface area contributed by atoms with Crippen LogP contribution in [0.25, 0.3) is 24.3 Å². The van der Waals surface area contributed by atoms with E-state index in [2.05, 4.69) is 129 Å². The molecule has 0 saturated heterocycles. The molecule has 0 heterocycles. The highest BCUT2D eigenvalue weighted by Gasteiger charge is 2.26. The second-order valence-electron chi connectivity index (χ2n) is 13.5. The molecule has 4 aromatic carbocycles. The van der Waals surface area contributed by atoms with Gasteiger partial charge in [-0.25, -0.2) is 0 Å². The van der Waals surface area contributed by atoms with Crippen LogP contribution in [0.3, 0.4) is 0 Å². The first-order valence-electron chi connectivity index (χ1n) is 18.3. The van der Waals surface area contributed by atoms with Crippen molar-refractivity contribution in [3.63, 3.8) is 0 Å². The summed E-state index contributed by atoms with van der Waals surface area (Å²) in [4.78, 5) is 0. The lowest BCUT2D eigenvalue weighted by molar-refractivity contribution is 0.482. The zero-order chi connectivity index (χ0) is 35.6. The molecule has 5 N–H and O–H groups in total. The van der Waals surface area contributed by atoms with Crippen molar-refractivity contribution in [1.82, 2.24) is 16.0 Å². The fourth-order valence-electron chi connectivity index (χ4n) is 7.10. The smallest absolute Gasteiger partial charge is 0.0363 e. The van der Waals surface area contributed by atoms with Crippen LogP contribution in [0, 0.1) is 0 Å². The molecule has 0 fully saturated rings. The van der Waals surface area contributed by atoms with Gasteiger partial charge in [0.1, 0.15) is 0 Å². The fourth-order valence-corrected chi connectivity index (χ4v) is 7.10. The highest BCUT2D eigenvalue weighted by atomic mass is 14.9. The van der Waals surface area contributed by atoms with Crippen LogP contribution in [0.4, 0.5) is 0 Å². The number of likely N-dealkylation sites (N-methyl/N-ethyl adjacent to an activating group) is 2. The van der Waals surface area contributed by atoms with E-state index in [1.807, 2.05) is 31.4 Å². The molecule has 50 heavy (non-hydrogen) atoms. The predicted octanol–water partition coefficient (Wildman–Crippen LogP) is 9.49. The molecule has 4 unspecified atom stereocenters. The van der Waals surface area contributed by atoms with Gasteiger partial charge in [-0.1, -0.05) is 137 Å². The van der Waals surface area contributed by atoms with E-state index in [0.29, 0.717) is 18.1 Å². The van der Waals surface area contributed by atoms with E-state index in [-0.39, 0.29) is 6.04 Å². The molecule has 8 rings (SSSR count). The van der Waals surface area contributed by atoms with Gasteiger partial charge in [-0.15, -0.1) is 0 Å². The van der Waals surface area contributed by atoms with Crippen molar-refractivity contribution in [1.29, 1.82) is 0 Å². The van der Waals surface area contributed by atoms with Crippen molar-refractivity contribution >= 4 is 24.3 Å². The molecular weight excluding hydrogens is 609 g/mol. The molecule has 0 radical (unpaired) electrons. The average molecular weight is 665 g/mol. The quantitative estimate of drug-likeness (QED) is 0.136. The van der Waals surface area contributed by atoms with Gasteiger partial charge >= 0.3 is 0 Å². The zero-order valence-electron chi connectivity index (χ0n) is 30.4. The van der Waals surface area contributed by atoms with Crippen LogP contribution < -0.4 is 21.7 Å². The number of fused-ring (bicyclic) bond motifs is 4. The first-order valence-corrected chi connectivity index (χ1v) is 18.3. The van der Waals surface area contributed by atoms with Gasteiger partial charge in [0, 0.05) is 24.2 Å². The maximum absolute atomic E-state index is 5.76. The van der Waals surface area contributed by atoms with Crippen LogP contribution in [-0.4, -0.2) is 20.1 Å². The molecule has 4 heteroatoms. The number of nitrogens with one attached hydrogen (secondary N) is 3. The molecule has 0 amide bonds. The second-order valence-corrected chi connectivity index (χ2v) is 13.5. The Balaban J connectivity index is 0.000000130. The van der Waals surface area contributed by atoms with E-state index in [1.54, 1.807) is 0 Å². The molecule has 0 spiro atoms. The third-order valence-electron chi connectivity index (χ3n) is 10.3. The third-order valence-corrected chi connectivity index (χ3v) is 10.3. The normalized spacial score (nSPS) is 19.3. The zero-order valence-corrected chi connectivity index (χ0v) is 30.4. The monoisotopic (exact) mass is 664 g/mol. The molecule has 0 saturated carbocycles. The summed E-state index contributed by atoms with van der Waals surface area (Å²) in [5.41, 5.74) is 22.1. The molecule has 0 aromatic heterocycles. The third kappa shape index (κ3) is 8.51. The lowest BCUT2D eigenvalue weighted by Crippen LogP contribution is -2.31. The fraction of sp³-hybridized carbons (Fsp3) is 0.304. The summed E-state index contributed by atoms with van der Waals surface area (Å²) in [6, 6.07) is 28.1. The number of hydrogen-bond donors (Lipinski definition) is 4. The number of nitrogens with two attached hydrogens (primary N) is 1. The van der Waals surface area contributed by atoms with E-state index < -0.39 is 0 Å². The Kier molecular flexibility index (Phi) is 13.0. The van der Waals surface area contributed by atoms with Gasteiger partial charge in [0.25, 0.3) is 0 Å². The standard InChI is InChI=1S/C13H17N.C12H15N.C11H13N.C10H11N/c1-3-7-14-13-9-11-8-10(4-2)5-6-12(11)13;1-3-9-5-6-11-10(7-9)8-12(11)13-4-2;1-3-8-4-5-10-9(6-8)7-11(10)12-2;1-2-7-3-4-9-8(5-7)6-10(9)11/h4-6,8,13-14H,2-3,7,9H2,1H3;3,5-7,12-13H,1,4,8H2,2H3;3-6,11-12H,1,7H2,2H3;2-5,10H,1,6,11H2. The molecule has 4 nitrogen and oxygen atoms in total. The van der Waals surface area contributed by atoms with E-state index in [1.165, 1.54) is 86.0 Å². The second kappa shape index (κ2) is 17.6. The van der Waals surface area contributed by atoms with Crippen molar-refractivity contribution < 1.29 is 0 Å². The molecule has 0 aliphatic heterocycles. The van der Waals surface area contributed by atoms with Crippen molar-refractivity contribution in [3.8, 4) is 0 Å². The Bertz CT molecular complexity index is 1820. The summed E-state index contributed by atoms with van der Waals surface area (Å²) < 4.78 is 0. The van der Waals surface area contributed by atoms with Crippen molar-refractivity contribution in [2.45, 2.75) is 70.1 Å². The molecule has 4 atom stereocenters. The van der Waals surface area contributed by atoms with Gasteiger partial charge in [0.2, 0.25) is 0 Å². The lowest BCUT2D eigenvalue weighted by Gasteiger charge is -2.31. The highest BCUT2D eigenvalue weighted by Crippen LogP contribution is 2.35. The molecule has 4 aromatic rings. The Morgan fingerprint density at radius 1 is 0.560 bits per heavy atom. The largest absolute Gasteiger partial charge is 0.324 e. The van der Waals surface area contributed by atoms with Crippen LogP contribution in [0.1, 0.15) is 111 Å². The highest BCUT2D eigenvalue weighted by molar-refractivity contribution is 5.56. The summed E-state index contributed by atoms with van der Waals surface area (Å²) >= 11 is 0. The topological polar surface area (TPSA) is 62.1 Å². The SMILES string of the molecule is C=Cc1ccc2c(c1)CC2N.C=Cc1ccc2c(c1)CC2NC.C=Cc1ccc2c(c1)CC2NCC.C=Cc1ccc2c(c1)CC2NCCC. The number of rotatable bonds is 10. The molecule has 4 aliphatic rings. The Morgan fingerprint density at radius 3 is 1.28 bits per heavy atom. The summed E-state index contributed by atoms with van der Waals surface area (Å²) in [6.07, 6.45) is 13.3. The van der Waals surface area contributed by atoms with E-state index in [0.717, 1.165) is 25.9 Å². The summed E-state index contributed by atoms with van der Waals surface area (Å²) in [7, 11) is 2.01. The van der Waals surface area contributed by atoms with Crippen LogP contribution in [0.2, 0.25) is 0 Å². The number of benzene rings is 4. The minimum atomic E-state index is 0.281. The molecule has 260 valence electrons. The minimum absolute atomic E-state index is 0.281. The van der Waals surface area contributed by atoms with Crippen molar-refractivity contribution in [2.24, 2.45) is 5.73 Å². The Hall–Kier alpha value is -4.32. The summed E-state index contributed by atoms with van der Waals surface area (Å²) in [5, 5.41) is 10.3. The van der Waals surface area contributed by atoms with Crippen molar-refractivity contribution in [3.05, 3.63) is 166 Å². The predicted molar refractivity (Wildman–Crippen MR) is 217 cm³/mol. The van der Waals surface area contributed by atoms with Gasteiger partial charge in [-0.05, 0) is 119 Å². The summed E-state index contributed by atoms with van der Waals surface area (Å²) in [5.74, 6) is 0. The van der Waals surface area contributed by atoms with Crippen molar-refractivity contribution in [2.75, 3.05) is 20.1 Å². The van der Waals surface area contributed by atoms with Gasteiger partial charge in [-0.3, -0.25) is 0 Å².